The lowest BCUT2D eigenvalue weighted by molar-refractivity contribution is -0.0872. The minimum Gasteiger partial charge on any atom is -0.378 e. The first kappa shape index (κ1) is 18.4. The van der Waals surface area contributed by atoms with Gasteiger partial charge in [-0.3, -0.25) is 9.69 Å². The van der Waals surface area contributed by atoms with Crippen molar-refractivity contribution in [1.82, 2.24) is 4.90 Å². The summed E-state index contributed by atoms with van der Waals surface area (Å²) in [5, 5.41) is 0. The van der Waals surface area contributed by atoms with Gasteiger partial charge >= 0.3 is 0 Å². The van der Waals surface area contributed by atoms with E-state index in [4.69, 9.17) is 4.74 Å². The number of piperidine rings is 1. The molecule has 2 unspecified atom stereocenters. The number of nitrogens with zero attached hydrogens (tertiary/aromatic N) is 1. The number of rotatable bonds is 5. The van der Waals surface area contributed by atoms with Gasteiger partial charge in [-0.05, 0) is 29.9 Å². The molecular formula is C24H29NO2. The van der Waals surface area contributed by atoms with Crippen LogP contribution in [0.5, 0.6) is 0 Å². The predicted octanol–water partition coefficient (Wildman–Crippen LogP) is 4.67. The van der Waals surface area contributed by atoms with Crippen LogP contribution in [-0.2, 0) is 11.3 Å². The highest BCUT2D eigenvalue weighted by molar-refractivity contribution is 5.98. The third-order valence-electron chi connectivity index (χ3n) is 6.11. The first-order chi connectivity index (χ1) is 13.1. The molecule has 2 aromatic carbocycles. The standard InChI is InChI=1S/C24H29NO2/c1-17(2)19-8-10-20(11-9-19)24(26)21-12-22-15-27-16-23(13-21)25(22)14-18-6-4-3-5-7-18/h3-11,17,21-23H,12-16H2,1-2H3. The van der Waals surface area contributed by atoms with Crippen LogP contribution in [0.4, 0.5) is 0 Å². The summed E-state index contributed by atoms with van der Waals surface area (Å²) in [4.78, 5) is 15.7. The first-order valence-corrected chi connectivity index (χ1v) is 10.1. The lowest BCUT2D eigenvalue weighted by atomic mass is 9.80. The molecule has 2 aromatic rings. The fourth-order valence-electron chi connectivity index (χ4n) is 4.52. The molecule has 0 spiro atoms. The summed E-state index contributed by atoms with van der Waals surface area (Å²) in [6.45, 7) is 6.78. The number of Topliss-reactive ketones (excluding diaryl/α,β-unsaturated/α-hetero) is 1. The van der Waals surface area contributed by atoms with E-state index in [-0.39, 0.29) is 5.92 Å². The molecule has 0 aromatic heterocycles. The second-order valence-electron chi connectivity index (χ2n) is 8.31. The maximum atomic E-state index is 13.1. The molecule has 0 radical (unpaired) electrons. The Balaban J connectivity index is 1.47. The second kappa shape index (κ2) is 7.95. The molecule has 0 amide bonds. The highest BCUT2D eigenvalue weighted by atomic mass is 16.5. The quantitative estimate of drug-likeness (QED) is 0.723. The SMILES string of the molecule is CC(C)c1ccc(C(=O)C2CC3COCC(C2)N3Cc2ccccc2)cc1. The summed E-state index contributed by atoms with van der Waals surface area (Å²) in [6, 6.07) is 19.5. The zero-order valence-electron chi connectivity index (χ0n) is 16.3. The van der Waals surface area contributed by atoms with Gasteiger partial charge in [0.15, 0.2) is 5.78 Å². The van der Waals surface area contributed by atoms with Crippen LogP contribution in [0.25, 0.3) is 0 Å². The van der Waals surface area contributed by atoms with Crippen molar-refractivity contribution in [2.24, 2.45) is 5.92 Å². The first-order valence-electron chi connectivity index (χ1n) is 10.1. The number of carbonyl (C=O) groups excluding carboxylic acids is 1. The number of hydrogen-bond donors (Lipinski definition) is 0. The summed E-state index contributed by atoms with van der Waals surface area (Å²) in [7, 11) is 0. The highest BCUT2D eigenvalue weighted by Crippen LogP contribution is 2.34. The highest BCUT2D eigenvalue weighted by Gasteiger charge is 2.41. The molecule has 0 saturated carbocycles. The normalized spacial score (nSPS) is 25.5. The number of fused-ring (bicyclic) bond motifs is 2. The molecule has 2 saturated heterocycles. The van der Waals surface area contributed by atoms with E-state index in [1.54, 1.807) is 0 Å². The van der Waals surface area contributed by atoms with Crippen LogP contribution in [0.15, 0.2) is 54.6 Å². The van der Waals surface area contributed by atoms with E-state index in [0.717, 1.165) is 38.2 Å². The molecule has 4 rings (SSSR count). The van der Waals surface area contributed by atoms with Gasteiger partial charge in [0.2, 0.25) is 0 Å². The summed E-state index contributed by atoms with van der Waals surface area (Å²) < 4.78 is 5.83. The van der Waals surface area contributed by atoms with Crippen molar-refractivity contribution in [3.8, 4) is 0 Å². The Hall–Kier alpha value is -1.97. The Labute approximate surface area is 162 Å². The van der Waals surface area contributed by atoms with Crippen LogP contribution in [0, 0.1) is 5.92 Å². The number of hydrogen-bond acceptors (Lipinski definition) is 3. The lowest BCUT2D eigenvalue weighted by Gasteiger charge is -2.48. The molecule has 27 heavy (non-hydrogen) atoms. The van der Waals surface area contributed by atoms with Crippen molar-refractivity contribution in [3.05, 3.63) is 71.3 Å². The van der Waals surface area contributed by atoms with Gasteiger partial charge in [0.25, 0.3) is 0 Å². The molecule has 0 N–H and O–H groups in total. The summed E-state index contributed by atoms with van der Waals surface area (Å²) >= 11 is 0. The van der Waals surface area contributed by atoms with Gasteiger partial charge in [0.1, 0.15) is 0 Å². The van der Waals surface area contributed by atoms with Gasteiger partial charge in [-0.15, -0.1) is 0 Å². The van der Waals surface area contributed by atoms with E-state index in [1.807, 2.05) is 12.1 Å². The van der Waals surface area contributed by atoms with Crippen molar-refractivity contribution in [1.29, 1.82) is 0 Å². The molecule has 2 bridgehead atoms. The molecule has 0 aliphatic carbocycles. The summed E-state index contributed by atoms with van der Waals surface area (Å²) in [5.41, 5.74) is 3.48. The minimum atomic E-state index is 0.112. The average Bonchev–Trinajstić information content (AvgIpc) is 2.68. The van der Waals surface area contributed by atoms with Gasteiger partial charge in [-0.1, -0.05) is 68.4 Å². The maximum Gasteiger partial charge on any atom is 0.166 e. The zero-order chi connectivity index (χ0) is 18.8. The fourth-order valence-corrected chi connectivity index (χ4v) is 4.52. The monoisotopic (exact) mass is 363 g/mol. The summed E-state index contributed by atoms with van der Waals surface area (Å²) in [6.07, 6.45) is 1.79. The van der Waals surface area contributed by atoms with E-state index in [1.165, 1.54) is 11.1 Å². The number of ketones is 1. The van der Waals surface area contributed by atoms with Crippen LogP contribution < -0.4 is 0 Å². The average molecular weight is 364 g/mol. The molecule has 2 aliphatic rings. The maximum absolute atomic E-state index is 13.1. The van der Waals surface area contributed by atoms with Crippen LogP contribution in [0.3, 0.4) is 0 Å². The van der Waals surface area contributed by atoms with E-state index in [9.17, 15) is 4.79 Å². The Kier molecular flexibility index (Phi) is 5.42. The van der Waals surface area contributed by atoms with Gasteiger partial charge in [-0.25, -0.2) is 0 Å². The molecule has 3 heteroatoms. The van der Waals surface area contributed by atoms with Gasteiger partial charge in [0.05, 0.1) is 13.2 Å². The summed E-state index contributed by atoms with van der Waals surface area (Å²) in [5.74, 6) is 0.911. The topological polar surface area (TPSA) is 29.5 Å². The molecule has 2 fully saturated rings. The van der Waals surface area contributed by atoms with Crippen LogP contribution in [0.2, 0.25) is 0 Å². The van der Waals surface area contributed by atoms with Crippen molar-refractivity contribution in [2.75, 3.05) is 13.2 Å². The molecule has 142 valence electrons. The van der Waals surface area contributed by atoms with E-state index < -0.39 is 0 Å². The minimum absolute atomic E-state index is 0.112. The number of benzene rings is 2. The Bertz CT molecular complexity index is 755. The Morgan fingerprint density at radius 3 is 2.22 bits per heavy atom. The molecule has 2 atom stereocenters. The number of ether oxygens (including phenoxy) is 1. The Morgan fingerprint density at radius 2 is 1.63 bits per heavy atom. The van der Waals surface area contributed by atoms with Crippen LogP contribution in [-0.4, -0.2) is 36.0 Å². The largest absolute Gasteiger partial charge is 0.378 e. The second-order valence-corrected chi connectivity index (χ2v) is 8.31. The van der Waals surface area contributed by atoms with Crippen molar-refractivity contribution in [3.63, 3.8) is 0 Å². The number of morpholine rings is 1. The number of carbonyl (C=O) groups is 1. The van der Waals surface area contributed by atoms with Crippen molar-refractivity contribution < 1.29 is 9.53 Å². The predicted molar refractivity (Wildman–Crippen MR) is 108 cm³/mol. The fraction of sp³-hybridized carbons (Fsp3) is 0.458. The van der Waals surface area contributed by atoms with E-state index in [2.05, 4.69) is 61.2 Å². The third-order valence-corrected chi connectivity index (χ3v) is 6.11. The van der Waals surface area contributed by atoms with Crippen molar-refractivity contribution in [2.45, 2.75) is 51.2 Å². The molecule has 2 aliphatic heterocycles. The van der Waals surface area contributed by atoms with Gasteiger partial charge in [-0.2, -0.15) is 0 Å². The van der Waals surface area contributed by atoms with Crippen LogP contribution >= 0.6 is 0 Å². The zero-order valence-corrected chi connectivity index (χ0v) is 16.3. The molecule has 2 heterocycles. The Morgan fingerprint density at radius 1 is 1.00 bits per heavy atom. The van der Waals surface area contributed by atoms with Crippen molar-refractivity contribution >= 4 is 5.78 Å². The van der Waals surface area contributed by atoms with E-state index in [0.29, 0.717) is 23.8 Å². The third kappa shape index (κ3) is 3.99. The molecule has 3 nitrogen and oxygen atoms in total. The van der Waals surface area contributed by atoms with Crippen LogP contribution in [0.1, 0.15) is 54.1 Å². The lowest BCUT2D eigenvalue weighted by Crippen LogP contribution is -2.57. The molecular weight excluding hydrogens is 334 g/mol. The smallest absolute Gasteiger partial charge is 0.166 e. The van der Waals surface area contributed by atoms with Gasteiger partial charge < -0.3 is 4.74 Å². The van der Waals surface area contributed by atoms with E-state index >= 15 is 0 Å². The van der Waals surface area contributed by atoms with Gasteiger partial charge in [0, 0.05) is 30.1 Å².